The Kier molecular flexibility index (Phi) is 8.90. The lowest BCUT2D eigenvalue weighted by Crippen LogP contribution is -2.40. The molecule has 0 radical (unpaired) electrons. The quantitative estimate of drug-likeness (QED) is 0.139. The first kappa shape index (κ1) is 33.5. The molecule has 0 fully saturated rings. The standard InChI is InChI=1S/C47H38N8/c1-48-41-27-34(45(32-15-7-3-8-16-32)33-17-9-4-10-18-33)23-25-39(41)43-29-38-30-44(53-47-51-31-50-46(52-43)55(38)47)40-26-24-37(28-42(40)49-2)54(35-19-11-5-12-20-35)36-21-13-6-14-22-36/h3-31,45,48-49H,1-2H3. The van der Waals surface area contributed by atoms with E-state index in [0.717, 1.165) is 56.7 Å². The molecular formula is C47H38N8. The third kappa shape index (κ3) is 6.40. The van der Waals surface area contributed by atoms with Crippen LogP contribution in [0.3, 0.4) is 0 Å². The second-order valence-corrected chi connectivity index (χ2v) is 13.3. The smallest absolute Gasteiger partial charge is 0.239 e. The molecule has 55 heavy (non-hydrogen) atoms. The van der Waals surface area contributed by atoms with Crippen LogP contribution in [-0.2, 0) is 0 Å². The molecular weight excluding hydrogens is 677 g/mol. The highest BCUT2D eigenvalue weighted by Crippen LogP contribution is 2.40. The van der Waals surface area contributed by atoms with Crippen LogP contribution in [0.2, 0.25) is 0 Å². The Hall–Kier alpha value is -7.32. The second-order valence-electron chi connectivity index (χ2n) is 13.3. The second kappa shape index (κ2) is 14.6. The summed E-state index contributed by atoms with van der Waals surface area (Å²) in [7, 11) is 3.90. The van der Waals surface area contributed by atoms with E-state index in [4.69, 9.17) is 9.98 Å². The van der Waals surface area contributed by atoms with Gasteiger partial charge in [0.15, 0.2) is 0 Å². The van der Waals surface area contributed by atoms with E-state index in [1.165, 1.54) is 23.0 Å². The molecule has 0 spiro atoms. The highest BCUT2D eigenvalue weighted by Gasteiger charge is 2.32. The van der Waals surface area contributed by atoms with Crippen molar-refractivity contribution in [3.8, 4) is 0 Å². The SMILES string of the molecule is CNc1cc(N(c2ccccc2)c2ccccc2)ccc1C1=CC2=CC(c3ccc(C(c4ccccc4)c4ccccc4)cc3NC)=NC3=NC=NC(=N1)N23. The van der Waals surface area contributed by atoms with Gasteiger partial charge in [-0.05, 0) is 77.4 Å². The molecule has 0 atom stereocenters. The molecule has 6 aromatic carbocycles. The van der Waals surface area contributed by atoms with E-state index in [0.29, 0.717) is 11.9 Å². The summed E-state index contributed by atoms with van der Waals surface area (Å²) in [6, 6.07) is 55.1. The van der Waals surface area contributed by atoms with Crippen molar-refractivity contribution in [3.05, 3.63) is 203 Å². The first-order chi connectivity index (χ1) is 27.2. The molecule has 266 valence electrons. The molecule has 0 saturated heterocycles. The molecule has 2 N–H and O–H groups in total. The molecule has 3 heterocycles. The number of allylic oxidation sites excluding steroid dienone is 2. The molecule has 0 amide bonds. The van der Waals surface area contributed by atoms with Gasteiger partial charge in [0.1, 0.15) is 6.34 Å². The zero-order chi connectivity index (χ0) is 37.1. The van der Waals surface area contributed by atoms with Crippen molar-refractivity contribution in [2.75, 3.05) is 29.6 Å². The Morgan fingerprint density at radius 2 is 1.11 bits per heavy atom. The third-order valence-corrected chi connectivity index (χ3v) is 10.0. The summed E-state index contributed by atoms with van der Waals surface area (Å²) in [6.07, 6.45) is 5.71. The van der Waals surface area contributed by atoms with Crippen LogP contribution in [0.25, 0.3) is 5.70 Å². The Morgan fingerprint density at radius 3 is 1.73 bits per heavy atom. The number of benzene rings is 6. The summed E-state index contributed by atoms with van der Waals surface area (Å²) in [5.74, 6) is 1.13. The maximum Gasteiger partial charge on any atom is 0.239 e. The van der Waals surface area contributed by atoms with Crippen LogP contribution in [0.1, 0.15) is 33.7 Å². The van der Waals surface area contributed by atoms with Gasteiger partial charge in [0.2, 0.25) is 11.9 Å². The zero-order valence-electron chi connectivity index (χ0n) is 30.5. The molecule has 0 saturated carbocycles. The van der Waals surface area contributed by atoms with Crippen LogP contribution >= 0.6 is 0 Å². The Labute approximate surface area is 321 Å². The molecule has 6 aromatic rings. The highest BCUT2D eigenvalue weighted by molar-refractivity contribution is 6.24. The number of guanidine groups is 2. The number of nitrogens with one attached hydrogen (secondary N) is 2. The lowest BCUT2D eigenvalue weighted by molar-refractivity contribution is 0.738. The minimum atomic E-state index is 0.0763. The van der Waals surface area contributed by atoms with E-state index in [1.54, 1.807) is 0 Å². The summed E-state index contributed by atoms with van der Waals surface area (Å²) >= 11 is 0. The first-order valence-corrected chi connectivity index (χ1v) is 18.3. The average molecular weight is 715 g/mol. The summed E-state index contributed by atoms with van der Waals surface area (Å²) in [5, 5.41) is 6.91. The van der Waals surface area contributed by atoms with Crippen molar-refractivity contribution in [1.29, 1.82) is 0 Å². The largest absolute Gasteiger partial charge is 0.388 e. The zero-order valence-corrected chi connectivity index (χ0v) is 30.5. The number of rotatable bonds is 10. The van der Waals surface area contributed by atoms with Crippen molar-refractivity contribution in [1.82, 2.24) is 4.90 Å². The Morgan fingerprint density at radius 1 is 0.527 bits per heavy atom. The lowest BCUT2D eigenvalue weighted by Gasteiger charge is -2.32. The van der Waals surface area contributed by atoms with Crippen molar-refractivity contribution < 1.29 is 0 Å². The summed E-state index contributed by atoms with van der Waals surface area (Å²) in [5.41, 5.74) is 13.2. The van der Waals surface area contributed by atoms with Crippen LogP contribution in [0, 0.1) is 0 Å². The van der Waals surface area contributed by atoms with Crippen LogP contribution in [0.4, 0.5) is 28.4 Å². The number of nitrogens with zero attached hydrogens (tertiary/aromatic N) is 6. The molecule has 8 nitrogen and oxygen atoms in total. The van der Waals surface area contributed by atoms with Gasteiger partial charge in [-0.1, -0.05) is 109 Å². The van der Waals surface area contributed by atoms with E-state index in [-0.39, 0.29) is 5.92 Å². The maximum absolute atomic E-state index is 5.03. The van der Waals surface area contributed by atoms with Gasteiger partial charge >= 0.3 is 0 Å². The molecule has 0 unspecified atom stereocenters. The average Bonchev–Trinajstić information content (AvgIpc) is 3.25. The molecule has 3 aliphatic rings. The summed E-state index contributed by atoms with van der Waals surface area (Å²) < 4.78 is 0. The fraction of sp³-hybridized carbons (Fsp3) is 0.0638. The fourth-order valence-corrected chi connectivity index (χ4v) is 7.48. The molecule has 9 rings (SSSR count). The van der Waals surface area contributed by atoms with Gasteiger partial charge < -0.3 is 15.5 Å². The van der Waals surface area contributed by atoms with Crippen molar-refractivity contribution in [2.24, 2.45) is 20.0 Å². The van der Waals surface area contributed by atoms with Crippen molar-refractivity contribution >= 4 is 58.1 Å². The molecule has 3 aliphatic heterocycles. The predicted molar refractivity (Wildman–Crippen MR) is 228 cm³/mol. The van der Waals surface area contributed by atoms with E-state index in [2.05, 4.69) is 183 Å². The van der Waals surface area contributed by atoms with Gasteiger partial charge in [0, 0.05) is 59.6 Å². The predicted octanol–water partition coefficient (Wildman–Crippen LogP) is 10.2. The third-order valence-electron chi connectivity index (χ3n) is 10.0. The van der Waals surface area contributed by atoms with Crippen LogP contribution in [-0.4, -0.2) is 43.0 Å². The summed E-state index contributed by atoms with van der Waals surface area (Å²) in [4.78, 5) is 23.4. The molecule has 0 bridgehead atoms. The van der Waals surface area contributed by atoms with Gasteiger partial charge in [0.25, 0.3) is 0 Å². The molecule has 0 aromatic heterocycles. The van der Waals surface area contributed by atoms with Gasteiger partial charge in [-0.15, -0.1) is 0 Å². The number of para-hydroxylation sites is 2. The summed E-state index contributed by atoms with van der Waals surface area (Å²) in [6.45, 7) is 0. The first-order valence-electron chi connectivity index (χ1n) is 18.3. The monoisotopic (exact) mass is 714 g/mol. The Bertz CT molecular complexity index is 2340. The van der Waals surface area contributed by atoms with E-state index in [1.807, 2.05) is 31.1 Å². The molecule has 8 heteroatoms. The van der Waals surface area contributed by atoms with Gasteiger partial charge in [-0.3, -0.25) is 0 Å². The van der Waals surface area contributed by atoms with Crippen molar-refractivity contribution in [2.45, 2.75) is 5.92 Å². The van der Waals surface area contributed by atoms with Crippen LogP contribution in [0.15, 0.2) is 196 Å². The normalized spacial score (nSPS) is 14.2. The minimum Gasteiger partial charge on any atom is -0.388 e. The minimum absolute atomic E-state index is 0.0763. The van der Waals surface area contributed by atoms with Gasteiger partial charge in [-0.2, -0.15) is 0 Å². The lowest BCUT2D eigenvalue weighted by atomic mass is 9.84. The molecule has 0 aliphatic carbocycles. The van der Waals surface area contributed by atoms with Crippen LogP contribution < -0.4 is 15.5 Å². The number of hydrogen-bond donors (Lipinski definition) is 2. The van der Waals surface area contributed by atoms with Crippen LogP contribution in [0.5, 0.6) is 0 Å². The Balaban J connectivity index is 1.10. The van der Waals surface area contributed by atoms with E-state index in [9.17, 15) is 0 Å². The van der Waals surface area contributed by atoms with E-state index < -0.39 is 0 Å². The van der Waals surface area contributed by atoms with Gasteiger partial charge in [-0.25, -0.2) is 24.9 Å². The van der Waals surface area contributed by atoms with Gasteiger partial charge in [0.05, 0.1) is 17.1 Å². The van der Waals surface area contributed by atoms with Crippen molar-refractivity contribution in [3.63, 3.8) is 0 Å². The number of hydrogen-bond acceptors (Lipinski definition) is 8. The highest BCUT2D eigenvalue weighted by atomic mass is 15.4. The van der Waals surface area contributed by atoms with E-state index >= 15 is 0 Å². The topological polar surface area (TPSA) is 80.0 Å². The fourth-order valence-electron chi connectivity index (χ4n) is 7.48. The number of anilines is 5. The maximum atomic E-state index is 5.03. The number of aliphatic imine (C=N–C) groups is 4.